The molecule has 2 aromatic carbocycles. The average Bonchev–Trinajstić information content (AvgIpc) is 3.13. The highest BCUT2D eigenvalue weighted by molar-refractivity contribution is 6.36. The van der Waals surface area contributed by atoms with Crippen LogP contribution in [0.4, 0.5) is 0 Å². The van der Waals surface area contributed by atoms with Crippen molar-refractivity contribution in [2.75, 3.05) is 0 Å². The molecule has 0 radical (unpaired) electrons. The molecule has 0 spiro atoms. The van der Waals surface area contributed by atoms with Gasteiger partial charge in [0, 0.05) is 10.0 Å². The van der Waals surface area contributed by atoms with Gasteiger partial charge in [-0.2, -0.15) is 5.10 Å². The van der Waals surface area contributed by atoms with Gasteiger partial charge in [-0.1, -0.05) is 41.4 Å². The van der Waals surface area contributed by atoms with Gasteiger partial charge in [-0.25, -0.2) is 9.67 Å². The van der Waals surface area contributed by atoms with Crippen molar-refractivity contribution >= 4 is 29.1 Å². The van der Waals surface area contributed by atoms with E-state index in [0.29, 0.717) is 15.6 Å². The van der Waals surface area contributed by atoms with E-state index in [1.807, 2.05) is 31.2 Å². The number of nitrogens with one attached hydrogen (secondary N) is 1. The van der Waals surface area contributed by atoms with Crippen molar-refractivity contribution in [2.45, 2.75) is 19.4 Å². The van der Waals surface area contributed by atoms with Gasteiger partial charge in [0.05, 0.1) is 18.2 Å². The van der Waals surface area contributed by atoms with Gasteiger partial charge in [-0.3, -0.25) is 4.79 Å². The second-order valence-corrected chi connectivity index (χ2v) is 6.41. The molecule has 1 atom stereocenters. The summed E-state index contributed by atoms with van der Waals surface area (Å²) in [5.74, 6) is -0.136. The molecular formula is C18H16Cl2N4O. The van der Waals surface area contributed by atoms with Crippen molar-refractivity contribution in [3.05, 3.63) is 76.3 Å². The molecule has 1 N–H and O–H groups in total. The number of hydrogen-bond acceptors (Lipinski definition) is 3. The molecule has 3 rings (SSSR count). The molecule has 0 saturated heterocycles. The topological polar surface area (TPSA) is 59.8 Å². The quantitative estimate of drug-likeness (QED) is 0.734. The number of benzene rings is 2. The fourth-order valence-electron chi connectivity index (χ4n) is 2.49. The summed E-state index contributed by atoms with van der Waals surface area (Å²) in [6.45, 7) is 1.93. The van der Waals surface area contributed by atoms with Crippen LogP contribution in [0.5, 0.6) is 0 Å². The van der Waals surface area contributed by atoms with E-state index in [9.17, 15) is 4.79 Å². The first-order valence-corrected chi connectivity index (χ1v) is 8.47. The smallest absolute Gasteiger partial charge is 0.225 e. The molecule has 0 aliphatic carbocycles. The highest BCUT2D eigenvalue weighted by Gasteiger charge is 2.14. The van der Waals surface area contributed by atoms with Gasteiger partial charge < -0.3 is 5.32 Å². The summed E-state index contributed by atoms with van der Waals surface area (Å²) in [6.07, 6.45) is 3.25. The SMILES string of the molecule is C[C@@H](NC(=O)Cc1c(Cl)cccc1Cl)c1ccc(-n2cncn2)cc1. The van der Waals surface area contributed by atoms with Gasteiger partial charge in [-0.15, -0.1) is 0 Å². The van der Waals surface area contributed by atoms with Crippen LogP contribution in [0.15, 0.2) is 55.1 Å². The number of carbonyl (C=O) groups excluding carboxylic acids is 1. The Bertz CT molecular complexity index is 843. The molecule has 0 bridgehead atoms. The third kappa shape index (κ3) is 4.18. The number of nitrogens with zero attached hydrogens (tertiary/aromatic N) is 3. The van der Waals surface area contributed by atoms with Crippen LogP contribution in [0, 0.1) is 0 Å². The molecule has 128 valence electrons. The number of aromatic nitrogens is 3. The fraction of sp³-hybridized carbons (Fsp3) is 0.167. The Morgan fingerprint density at radius 3 is 2.44 bits per heavy atom. The zero-order valence-corrected chi connectivity index (χ0v) is 15.0. The van der Waals surface area contributed by atoms with Crippen molar-refractivity contribution in [2.24, 2.45) is 0 Å². The van der Waals surface area contributed by atoms with Gasteiger partial charge in [-0.05, 0) is 42.3 Å². The van der Waals surface area contributed by atoms with E-state index >= 15 is 0 Å². The second kappa shape index (κ2) is 7.68. The lowest BCUT2D eigenvalue weighted by Crippen LogP contribution is -2.28. The van der Waals surface area contributed by atoms with Gasteiger partial charge >= 0.3 is 0 Å². The van der Waals surface area contributed by atoms with Crippen LogP contribution in [-0.4, -0.2) is 20.7 Å². The van der Waals surface area contributed by atoms with Crippen LogP contribution in [-0.2, 0) is 11.2 Å². The van der Waals surface area contributed by atoms with Crippen LogP contribution >= 0.6 is 23.2 Å². The van der Waals surface area contributed by atoms with Crippen LogP contribution in [0.3, 0.4) is 0 Å². The molecule has 0 unspecified atom stereocenters. The van der Waals surface area contributed by atoms with Crippen molar-refractivity contribution in [3.63, 3.8) is 0 Å². The molecule has 0 aliphatic heterocycles. The standard InChI is InChI=1S/C18H16Cl2N4O/c1-12(13-5-7-14(8-6-13)24-11-21-10-22-24)23-18(25)9-15-16(19)3-2-4-17(15)20/h2-8,10-12H,9H2,1H3,(H,23,25)/t12-/m1/s1. The number of amides is 1. The monoisotopic (exact) mass is 374 g/mol. The van der Waals surface area contributed by atoms with Crippen molar-refractivity contribution < 1.29 is 4.79 Å². The third-order valence-corrected chi connectivity index (χ3v) is 4.56. The minimum atomic E-state index is -0.140. The van der Waals surface area contributed by atoms with Gasteiger partial charge in [0.2, 0.25) is 5.91 Å². The Kier molecular flexibility index (Phi) is 5.36. The maximum absolute atomic E-state index is 12.3. The third-order valence-electron chi connectivity index (χ3n) is 3.85. The van der Waals surface area contributed by atoms with Crippen molar-refractivity contribution in [1.29, 1.82) is 0 Å². The molecule has 0 fully saturated rings. The normalized spacial score (nSPS) is 12.0. The summed E-state index contributed by atoms with van der Waals surface area (Å²) < 4.78 is 1.67. The van der Waals surface area contributed by atoms with E-state index < -0.39 is 0 Å². The summed E-state index contributed by atoms with van der Waals surface area (Å²) in [6, 6.07) is 12.8. The maximum atomic E-state index is 12.3. The molecule has 5 nitrogen and oxygen atoms in total. The summed E-state index contributed by atoms with van der Waals surface area (Å²) in [5.41, 5.74) is 2.53. The first-order valence-electron chi connectivity index (χ1n) is 7.72. The van der Waals surface area contributed by atoms with E-state index in [1.54, 1.807) is 29.2 Å². The van der Waals surface area contributed by atoms with Crippen molar-refractivity contribution in [1.82, 2.24) is 20.1 Å². The molecule has 7 heteroatoms. The first kappa shape index (κ1) is 17.5. The van der Waals surface area contributed by atoms with E-state index in [-0.39, 0.29) is 18.4 Å². The van der Waals surface area contributed by atoms with Crippen LogP contribution in [0.25, 0.3) is 5.69 Å². The molecule has 3 aromatic rings. The van der Waals surface area contributed by atoms with E-state index in [1.165, 1.54) is 6.33 Å². The maximum Gasteiger partial charge on any atom is 0.225 e. The van der Waals surface area contributed by atoms with Gasteiger partial charge in [0.1, 0.15) is 12.7 Å². The van der Waals surface area contributed by atoms with E-state index in [0.717, 1.165) is 11.3 Å². The Morgan fingerprint density at radius 1 is 1.16 bits per heavy atom. The molecular weight excluding hydrogens is 359 g/mol. The predicted octanol–water partition coefficient (Wildman–Crippen LogP) is 3.99. The molecule has 1 heterocycles. The Labute approximate surface area is 155 Å². The van der Waals surface area contributed by atoms with Gasteiger partial charge in [0.15, 0.2) is 0 Å². The minimum Gasteiger partial charge on any atom is -0.349 e. The van der Waals surface area contributed by atoms with E-state index in [2.05, 4.69) is 15.4 Å². The highest BCUT2D eigenvalue weighted by Crippen LogP contribution is 2.25. The van der Waals surface area contributed by atoms with Crippen LogP contribution in [0.2, 0.25) is 10.0 Å². The summed E-state index contributed by atoms with van der Waals surface area (Å²) in [5, 5.41) is 8.03. The predicted molar refractivity (Wildman–Crippen MR) is 98.1 cm³/mol. The number of rotatable bonds is 5. The summed E-state index contributed by atoms with van der Waals surface area (Å²) >= 11 is 12.2. The second-order valence-electron chi connectivity index (χ2n) is 5.60. The number of hydrogen-bond donors (Lipinski definition) is 1. The largest absolute Gasteiger partial charge is 0.349 e. The molecule has 0 aliphatic rings. The molecule has 1 amide bonds. The minimum absolute atomic E-state index is 0.136. The zero-order valence-electron chi connectivity index (χ0n) is 13.5. The molecule has 25 heavy (non-hydrogen) atoms. The highest BCUT2D eigenvalue weighted by atomic mass is 35.5. The lowest BCUT2D eigenvalue weighted by atomic mass is 10.1. The average molecular weight is 375 g/mol. The number of carbonyl (C=O) groups is 1. The first-order chi connectivity index (χ1) is 12.0. The summed E-state index contributed by atoms with van der Waals surface area (Å²) in [7, 11) is 0. The van der Waals surface area contributed by atoms with Crippen LogP contribution < -0.4 is 5.32 Å². The Morgan fingerprint density at radius 2 is 1.84 bits per heavy atom. The van der Waals surface area contributed by atoms with E-state index in [4.69, 9.17) is 23.2 Å². The summed E-state index contributed by atoms with van der Waals surface area (Å²) in [4.78, 5) is 16.2. The fourth-order valence-corrected chi connectivity index (χ4v) is 3.03. The Hall–Kier alpha value is -2.37. The lowest BCUT2D eigenvalue weighted by molar-refractivity contribution is -0.121. The Balaban J connectivity index is 1.65. The molecule has 0 saturated carbocycles. The number of halogens is 2. The van der Waals surface area contributed by atoms with Crippen molar-refractivity contribution in [3.8, 4) is 5.69 Å². The molecule has 1 aromatic heterocycles. The lowest BCUT2D eigenvalue weighted by Gasteiger charge is -2.15. The van der Waals surface area contributed by atoms with Gasteiger partial charge in [0.25, 0.3) is 0 Å². The van der Waals surface area contributed by atoms with Crippen LogP contribution in [0.1, 0.15) is 24.1 Å². The zero-order chi connectivity index (χ0) is 17.8.